The van der Waals surface area contributed by atoms with Crippen molar-refractivity contribution in [3.8, 4) is 0 Å². The number of nitrogens with two attached hydrogens (primary N) is 1. The van der Waals surface area contributed by atoms with Gasteiger partial charge in [0.25, 0.3) is 0 Å². The molecule has 1 rings (SSSR count). The van der Waals surface area contributed by atoms with Crippen LogP contribution in [0.25, 0.3) is 0 Å². The SMILES string of the molecule is NN(O[N+](=O)[O-])c1c(Br)ccc(Br)c1Br. The van der Waals surface area contributed by atoms with Crippen LogP contribution in [0.3, 0.4) is 0 Å². The lowest BCUT2D eigenvalue weighted by Crippen LogP contribution is -2.34. The van der Waals surface area contributed by atoms with Crippen molar-refractivity contribution < 1.29 is 10.0 Å². The van der Waals surface area contributed by atoms with Crippen LogP contribution < -0.4 is 11.0 Å². The van der Waals surface area contributed by atoms with Crippen LogP contribution in [0.5, 0.6) is 0 Å². The van der Waals surface area contributed by atoms with Gasteiger partial charge in [0.1, 0.15) is 5.69 Å². The fraction of sp³-hybridized carbons (Fsp3) is 0. The fourth-order valence-electron chi connectivity index (χ4n) is 0.831. The molecule has 1 aromatic rings. The molecule has 0 aliphatic heterocycles. The first kappa shape index (κ1) is 12.7. The van der Waals surface area contributed by atoms with Crippen LogP contribution in [-0.2, 0) is 4.94 Å². The zero-order chi connectivity index (χ0) is 11.6. The van der Waals surface area contributed by atoms with Gasteiger partial charge in [0, 0.05) is 8.95 Å². The molecule has 0 bridgehead atoms. The van der Waals surface area contributed by atoms with Gasteiger partial charge >= 0.3 is 5.09 Å². The number of hydrazine groups is 1. The van der Waals surface area contributed by atoms with Crippen molar-refractivity contribution >= 4 is 53.5 Å². The van der Waals surface area contributed by atoms with Crippen molar-refractivity contribution in [2.75, 3.05) is 5.17 Å². The van der Waals surface area contributed by atoms with Crippen LogP contribution in [0.15, 0.2) is 25.6 Å². The zero-order valence-electron chi connectivity index (χ0n) is 6.99. The van der Waals surface area contributed by atoms with Gasteiger partial charge < -0.3 is 0 Å². The van der Waals surface area contributed by atoms with Crippen LogP contribution in [0, 0.1) is 10.1 Å². The lowest BCUT2D eigenvalue weighted by Gasteiger charge is -2.17. The van der Waals surface area contributed by atoms with E-state index in [1.54, 1.807) is 12.1 Å². The molecule has 0 aliphatic carbocycles. The molecule has 0 aliphatic rings. The maximum atomic E-state index is 10.1. The lowest BCUT2D eigenvalue weighted by atomic mass is 10.3. The minimum Gasteiger partial charge on any atom is -0.223 e. The smallest absolute Gasteiger partial charge is 0.223 e. The summed E-state index contributed by atoms with van der Waals surface area (Å²) in [6, 6.07) is 3.42. The van der Waals surface area contributed by atoms with E-state index in [1.165, 1.54) is 0 Å². The highest BCUT2D eigenvalue weighted by molar-refractivity contribution is 9.13. The molecule has 2 N–H and O–H groups in total. The van der Waals surface area contributed by atoms with Gasteiger partial charge in [-0.05, 0) is 59.9 Å². The summed E-state index contributed by atoms with van der Waals surface area (Å²) >= 11 is 9.66. The van der Waals surface area contributed by atoms with Crippen LogP contribution in [-0.4, -0.2) is 5.09 Å². The van der Waals surface area contributed by atoms with E-state index < -0.39 is 5.09 Å². The van der Waals surface area contributed by atoms with Gasteiger partial charge in [-0.1, -0.05) is 0 Å². The van der Waals surface area contributed by atoms with E-state index in [2.05, 4.69) is 52.7 Å². The molecular weight excluding hydrogens is 402 g/mol. The van der Waals surface area contributed by atoms with Crippen molar-refractivity contribution in [3.63, 3.8) is 0 Å². The minimum absolute atomic E-state index is 0.307. The Bertz CT molecular complexity index is 401. The molecule has 0 aromatic heterocycles. The third kappa shape index (κ3) is 3.03. The topological polar surface area (TPSA) is 81.6 Å². The summed E-state index contributed by atoms with van der Waals surface area (Å²) in [4.78, 5) is 14.2. The molecule has 0 saturated carbocycles. The highest BCUT2D eigenvalue weighted by atomic mass is 79.9. The van der Waals surface area contributed by atoms with E-state index in [0.29, 0.717) is 24.3 Å². The van der Waals surface area contributed by atoms with Gasteiger partial charge in [0.2, 0.25) is 0 Å². The van der Waals surface area contributed by atoms with E-state index >= 15 is 0 Å². The van der Waals surface area contributed by atoms with Crippen molar-refractivity contribution in [3.05, 3.63) is 35.7 Å². The first-order valence-electron chi connectivity index (χ1n) is 3.44. The summed E-state index contributed by atoms with van der Waals surface area (Å²) in [5.74, 6) is 5.36. The van der Waals surface area contributed by atoms with Gasteiger partial charge in [-0.25, -0.2) is 5.84 Å². The molecule has 15 heavy (non-hydrogen) atoms. The third-order valence-electron chi connectivity index (χ3n) is 1.39. The van der Waals surface area contributed by atoms with Crippen LogP contribution in [0.4, 0.5) is 5.69 Å². The summed E-state index contributed by atoms with van der Waals surface area (Å²) in [5.41, 5.74) is 0.307. The van der Waals surface area contributed by atoms with Gasteiger partial charge in [-0.15, -0.1) is 15.3 Å². The molecule has 0 saturated heterocycles. The molecule has 0 spiro atoms. The molecule has 0 amide bonds. The maximum absolute atomic E-state index is 10.1. The predicted octanol–water partition coefficient (Wildman–Crippen LogP) is 2.78. The summed E-state index contributed by atoms with van der Waals surface area (Å²) in [5, 5.41) is 9.66. The standard InChI is InChI=1S/C6H4Br3N3O3/c7-3-1-2-4(8)6(5(3)9)11(10)15-12(13)14/h1-2H,10H2. The van der Waals surface area contributed by atoms with Crippen molar-refractivity contribution in [1.82, 2.24) is 0 Å². The summed E-state index contributed by atoms with van der Waals surface area (Å²) < 4.78 is 1.80. The van der Waals surface area contributed by atoms with Crippen molar-refractivity contribution in [2.24, 2.45) is 5.84 Å². The molecule has 0 fully saturated rings. The normalized spacial score (nSPS) is 9.87. The van der Waals surface area contributed by atoms with Gasteiger partial charge in [0.05, 0.1) is 4.47 Å². The largest absolute Gasteiger partial charge is 0.318 e. The Morgan fingerprint density at radius 3 is 2.40 bits per heavy atom. The van der Waals surface area contributed by atoms with Crippen LogP contribution in [0.2, 0.25) is 0 Å². The number of rotatable bonds is 3. The molecule has 0 radical (unpaired) electrons. The number of halogens is 3. The van der Waals surface area contributed by atoms with E-state index in [0.717, 1.165) is 0 Å². The second kappa shape index (κ2) is 5.10. The second-order valence-electron chi connectivity index (χ2n) is 2.32. The maximum Gasteiger partial charge on any atom is 0.318 e. The lowest BCUT2D eigenvalue weighted by molar-refractivity contribution is -0.762. The fourth-order valence-corrected chi connectivity index (χ4v) is 2.44. The molecule has 82 valence electrons. The Balaban J connectivity index is 3.12. The molecule has 0 atom stereocenters. The van der Waals surface area contributed by atoms with Gasteiger partial charge in [-0.2, -0.15) is 4.94 Å². The Hall–Kier alpha value is -0.380. The number of nitrogens with zero attached hydrogens (tertiary/aromatic N) is 2. The molecular formula is C6H4Br3N3O3. The van der Waals surface area contributed by atoms with E-state index in [-0.39, 0.29) is 0 Å². The Morgan fingerprint density at radius 1 is 1.33 bits per heavy atom. The predicted molar refractivity (Wildman–Crippen MR) is 64.3 cm³/mol. The van der Waals surface area contributed by atoms with Crippen molar-refractivity contribution in [2.45, 2.75) is 0 Å². The first-order valence-corrected chi connectivity index (χ1v) is 5.82. The number of hydrogen-bond donors (Lipinski definition) is 1. The summed E-state index contributed by atoms with van der Waals surface area (Å²) in [6.07, 6.45) is 0. The zero-order valence-corrected chi connectivity index (χ0v) is 11.7. The Labute approximate surface area is 110 Å². The first-order chi connectivity index (χ1) is 6.93. The van der Waals surface area contributed by atoms with Gasteiger partial charge in [-0.3, -0.25) is 0 Å². The highest BCUT2D eigenvalue weighted by Gasteiger charge is 2.16. The molecule has 6 nitrogen and oxygen atoms in total. The number of anilines is 1. The van der Waals surface area contributed by atoms with Gasteiger partial charge in [0.15, 0.2) is 0 Å². The molecule has 0 unspecified atom stereocenters. The average molecular weight is 406 g/mol. The average Bonchev–Trinajstić information content (AvgIpc) is 2.11. The summed E-state index contributed by atoms with van der Waals surface area (Å²) in [7, 11) is 0. The molecule has 1 aromatic carbocycles. The summed E-state index contributed by atoms with van der Waals surface area (Å²) in [6.45, 7) is 0. The molecule has 0 heterocycles. The van der Waals surface area contributed by atoms with Crippen molar-refractivity contribution in [1.29, 1.82) is 0 Å². The number of hydrogen-bond acceptors (Lipinski definition) is 5. The second-order valence-corrected chi connectivity index (χ2v) is 4.82. The van der Waals surface area contributed by atoms with E-state index in [4.69, 9.17) is 5.84 Å². The Kier molecular flexibility index (Phi) is 4.32. The van der Waals surface area contributed by atoms with Crippen LogP contribution in [0.1, 0.15) is 0 Å². The third-order valence-corrected chi connectivity index (χ3v) is 4.03. The monoisotopic (exact) mass is 403 g/mol. The number of benzene rings is 1. The van der Waals surface area contributed by atoms with Crippen LogP contribution >= 0.6 is 47.8 Å². The minimum atomic E-state index is -1.00. The van der Waals surface area contributed by atoms with E-state index in [9.17, 15) is 10.1 Å². The molecule has 9 heteroatoms. The quantitative estimate of drug-likeness (QED) is 0.362. The van der Waals surface area contributed by atoms with E-state index in [1.807, 2.05) is 0 Å². The Morgan fingerprint density at radius 2 is 1.87 bits per heavy atom. The highest BCUT2D eigenvalue weighted by Crippen LogP contribution is 2.38.